The van der Waals surface area contributed by atoms with Crippen LogP contribution in [0.2, 0.25) is 0 Å². The maximum Gasteiger partial charge on any atom is 0.314 e. The van der Waals surface area contributed by atoms with Crippen LogP contribution in [0.25, 0.3) is 0 Å². The molecule has 4 unspecified atom stereocenters. The monoisotopic (exact) mass is 366 g/mol. The molecule has 0 radical (unpaired) electrons. The lowest BCUT2D eigenvalue weighted by Gasteiger charge is -2.20. The molecule has 0 aromatic heterocycles. The number of halogens is 2. The summed E-state index contributed by atoms with van der Waals surface area (Å²) in [6, 6.07) is 2.57. The van der Waals surface area contributed by atoms with Crippen molar-refractivity contribution in [2.45, 2.75) is 58.8 Å². The zero-order chi connectivity index (χ0) is 18.7. The Morgan fingerprint density at radius 3 is 2.46 bits per heavy atom. The van der Waals surface area contributed by atoms with Gasteiger partial charge in [-0.1, -0.05) is 26.2 Å². The summed E-state index contributed by atoms with van der Waals surface area (Å²) in [6.07, 6.45) is 7.71. The van der Waals surface area contributed by atoms with Crippen LogP contribution in [0, 0.1) is 35.3 Å². The van der Waals surface area contributed by atoms with Crippen LogP contribution >= 0.6 is 0 Å². The highest BCUT2D eigenvalue weighted by Gasteiger charge is 2.47. The summed E-state index contributed by atoms with van der Waals surface area (Å²) >= 11 is 0. The summed E-state index contributed by atoms with van der Waals surface area (Å²) in [7, 11) is 0. The Labute approximate surface area is 154 Å². The van der Waals surface area contributed by atoms with Gasteiger partial charge >= 0.3 is 5.97 Å². The smallest absolute Gasteiger partial charge is 0.314 e. The molecule has 1 aromatic carbocycles. The summed E-state index contributed by atoms with van der Waals surface area (Å²) in [6.45, 7) is 4.13. The van der Waals surface area contributed by atoms with E-state index in [-0.39, 0.29) is 24.0 Å². The first-order valence-corrected chi connectivity index (χ1v) is 9.89. The van der Waals surface area contributed by atoms with Gasteiger partial charge in [0.1, 0.15) is 0 Å². The number of carbonyl (C=O) groups excluding carboxylic acids is 1. The fourth-order valence-electron chi connectivity index (χ4n) is 4.88. The molecule has 26 heavy (non-hydrogen) atoms. The topological polar surface area (TPSA) is 35.5 Å². The molecule has 1 aromatic rings. The number of carbonyl (C=O) groups is 1. The Kier molecular flexibility index (Phi) is 6.15. The minimum absolute atomic E-state index is 0.166. The highest BCUT2D eigenvalue weighted by molar-refractivity contribution is 5.76. The summed E-state index contributed by atoms with van der Waals surface area (Å²) in [4.78, 5) is 12.6. The quantitative estimate of drug-likeness (QED) is 0.471. The van der Waals surface area contributed by atoms with Crippen molar-refractivity contribution < 1.29 is 23.0 Å². The van der Waals surface area contributed by atoms with E-state index in [2.05, 4.69) is 6.92 Å². The lowest BCUT2D eigenvalue weighted by Crippen LogP contribution is -2.25. The SMILES string of the molecule is CCCCC1CCC2C(C(=O)Oc3ccc(OCC)c(F)c3F)CCC12. The molecule has 0 N–H and O–H groups in total. The van der Waals surface area contributed by atoms with Crippen molar-refractivity contribution >= 4 is 5.97 Å². The molecule has 2 fully saturated rings. The van der Waals surface area contributed by atoms with Gasteiger partial charge in [0.15, 0.2) is 11.5 Å². The molecule has 0 saturated heterocycles. The lowest BCUT2D eigenvalue weighted by atomic mass is 9.86. The molecule has 2 aliphatic rings. The maximum atomic E-state index is 14.2. The van der Waals surface area contributed by atoms with Gasteiger partial charge in [-0.25, -0.2) is 0 Å². The molecule has 0 amide bonds. The van der Waals surface area contributed by atoms with Crippen molar-refractivity contribution in [3.8, 4) is 11.5 Å². The number of ether oxygens (including phenoxy) is 2. The Morgan fingerprint density at radius 1 is 1.04 bits per heavy atom. The van der Waals surface area contributed by atoms with Gasteiger partial charge < -0.3 is 9.47 Å². The second kappa shape index (κ2) is 8.36. The predicted molar refractivity (Wildman–Crippen MR) is 95.1 cm³/mol. The van der Waals surface area contributed by atoms with Crippen LogP contribution in [-0.4, -0.2) is 12.6 Å². The Bertz CT molecular complexity index is 646. The van der Waals surface area contributed by atoms with Crippen LogP contribution in [0.1, 0.15) is 58.8 Å². The van der Waals surface area contributed by atoms with Gasteiger partial charge in [0.25, 0.3) is 0 Å². The third-order valence-electron chi connectivity index (χ3n) is 6.11. The van der Waals surface area contributed by atoms with Gasteiger partial charge in [0, 0.05) is 0 Å². The van der Waals surface area contributed by atoms with Crippen LogP contribution in [0.15, 0.2) is 12.1 Å². The van der Waals surface area contributed by atoms with E-state index in [0.717, 1.165) is 19.3 Å². The van der Waals surface area contributed by atoms with Gasteiger partial charge in [0.2, 0.25) is 11.6 Å². The van der Waals surface area contributed by atoms with E-state index in [4.69, 9.17) is 9.47 Å². The van der Waals surface area contributed by atoms with Crippen LogP contribution < -0.4 is 9.47 Å². The minimum atomic E-state index is -1.16. The average molecular weight is 366 g/mol. The van der Waals surface area contributed by atoms with E-state index in [0.29, 0.717) is 17.8 Å². The third kappa shape index (κ3) is 3.72. The van der Waals surface area contributed by atoms with E-state index < -0.39 is 17.6 Å². The largest absolute Gasteiger partial charge is 0.491 e. The molecule has 5 heteroatoms. The molecule has 144 valence electrons. The average Bonchev–Trinajstić information content (AvgIpc) is 3.22. The van der Waals surface area contributed by atoms with E-state index >= 15 is 0 Å². The minimum Gasteiger partial charge on any atom is -0.491 e. The number of rotatable bonds is 7. The molecule has 3 rings (SSSR count). The van der Waals surface area contributed by atoms with Gasteiger partial charge in [-0.2, -0.15) is 8.78 Å². The van der Waals surface area contributed by atoms with Gasteiger partial charge in [-0.3, -0.25) is 4.79 Å². The lowest BCUT2D eigenvalue weighted by molar-refractivity contribution is -0.140. The number of fused-ring (bicyclic) bond motifs is 1. The zero-order valence-electron chi connectivity index (χ0n) is 15.6. The number of hydrogen-bond donors (Lipinski definition) is 0. The highest BCUT2D eigenvalue weighted by atomic mass is 19.2. The summed E-state index contributed by atoms with van der Waals surface area (Å²) < 4.78 is 38.4. The molecule has 4 atom stereocenters. The number of benzene rings is 1. The molecule has 0 aliphatic heterocycles. The first-order valence-electron chi connectivity index (χ1n) is 9.89. The van der Waals surface area contributed by atoms with Crippen molar-refractivity contribution in [2.24, 2.45) is 23.7 Å². The Morgan fingerprint density at radius 2 is 1.73 bits per heavy atom. The Hall–Kier alpha value is -1.65. The Balaban J connectivity index is 1.65. The number of hydrogen-bond acceptors (Lipinski definition) is 3. The van der Waals surface area contributed by atoms with Crippen molar-refractivity contribution in [2.75, 3.05) is 6.61 Å². The molecular weight excluding hydrogens is 338 g/mol. The first-order chi connectivity index (χ1) is 12.6. The van der Waals surface area contributed by atoms with Gasteiger partial charge in [-0.05, 0) is 62.5 Å². The summed E-state index contributed by atoms with van der Waals surface area (Å²) in [5.41, 5.74) is 0. The normalized spacial score (nSPS) is 27.4. The molecule has 3 nitrogen and oxygen atoms in total. The fourth-order valence-corrected chi connectivity index (χ4v) is 4.88. The maximum absolute atomic E-state index is 14.2. The van der Waals surface area contributed by atoms with Crippen LogP contribution in [0.4, 0.5) is 8.78 Å². The number of unbranched alkanes of at least 4 members (excludes halogenated alkanes) is 1. The van der Waals surface area contributed by atoms with Crippen LogP contribution in [0.3, 0.4) is 0 Å². The van der Waals surface area contributed by atoms with Crippen molar-refractivity contribution in [1.82, 2.24) is 0 Å². The number of esters is 1. The highest BCUT2D eigenvalue weighted by Crippen LogP contribution is 2.52. The fraction of sp³-hybridized carbons (Fsp3) is 0.667. The van der Waals surface area contributed by atoms with Crippen molar-refractivity contribution in [3.63, 3.8) is 0 Å². The molecule has 0 bridgehead atoms. The van der Waals surface area contributed by atoms with E-state index in [1.807, 2.05) is 0 Å². The molecule has 0 spiro atoms. The first kappa shape index (κ1) is 19.1. The van der Waals surface area contributed by atoms with Crippen LogP contribution in [0.5, 0.6) is 11.5 Å². The van der Waals surface area contributed by atoms with Crippen LogP contribution in [-0.2, 0) is 4.79 Å². The zero-order valence-corrected chi connectivity index (χ0v) is 15.6. The third-order valence-corrected chi connectivity index (χ3v) is 6.11. The molecule has 0 heterocycles. The molecular formula is C21H28F2O3. The second-order valence-corrected chi connectivity index (χ2v) is 7.54. The van der Waals surface area contributed by atoms with Crippen molar-refractivity contribution in [1.29, 1.82) is 0 Å². The molecule has 2 aliphatic carbocycles. The second-order valence-electron chi connectivity index (χ2n) is 7.54. The van der Waals surface area contributed by atoms with E-state index in [1.165, 1.54) is 37.8 Å². The predicted octanol–water partition coefficient (Wildman–Crippen LogP) is 5.51. The standard InChI is InChI=1S/C21H28F2O3/c1-3-5-6-13-7-8-15-14(13)9-10-16(15)21(24)26-18-12-11-17(25-4-2)19(22)20(18)23/h11-16H,3-10H2,1-2H3. The van der Waals surface area contributed by atoms with Gasteiger partial charge in [-0.15, -0.1) is 0 Å². The van der Waals surface area contributed by atoms with E-state index in [1.54, 1.807) is 6.92 Å². The van der Waals surface area contributed by atoms with E-state index in [9.17, 15) is 13.6 Å². The summed E-state index contributed by atoms with van der Waals surface area (Å²) in [5, 5.41) is 0. The van der Waals surface area contributed by atoms with Gasteiger partial charge in [0.05, 0.1) is 12.5 Å². The molecule has 2 saturated carbocycles. The summed E-state index contributed by atoms with van der Waals surface area (Å²) in [5.74, 6) is -1.77. The van der Waals surface area contributed by atoms with Crippen molar-refractivity contribution in [3.05, 3.63) is 23.8 Å².